The van der Waals surface area contributed by atoms with Gasteiger partial charge in [-0.05, 0) is 69.2 Å². The van der Waals surface area contributed by atoms with Crippen LogP contribution in [0, 0.1) is 23.2 Å². The number of carbonyl (C=O) groups excluding carboxylic acids is 1. The molecule has 20 heavy (non-hydrogen) atoms. The molecule has 4 bridgehead atoms. The first-order valence-electron chi connectivity index (χ1n) is 8.34. The Hall–Kier alpha value is -0.610. The van der Waals surface area contributed by atoms with Crippen molar-refractivity contribution >= 4 is 5.91 Å². The molecule has 4 saturated carbocycles. The van der Waals surface area contributed by atoms with Crippen LogP contribution in [0.4, 0.5) is 0 Å². The average molecular weight is 278 g/mol. The molecule has 2 atom stereocenters. The van der Waals surface area contributed by atoms with Gasteiger partial charge in [0.15, 0.2) is 0 Å². The molecule has 4 aliphatic carbocycles. The largest absolute Gasteiger partial charge is 0.390 e. The maximum atomic E-state index is 12.9. The third-order valence-corrected chi connectivity index (χ3v) is 6.29. The van der Waals surface area contributed by atoms with E-state index >= 15 is 0 Å². The Bertz CT molecular complexity index is 374. The lowest BCUT2D eigenvalue weighted by Crippen LogP contribution is -2.59. The van der Waals surface area contributed by atoms with Gasteiger partial charge in [-0.3, -0.25) is 4.79 Å². The molecule has 1 saturated heterocycles. The van der Waals surface area contributed by atoms with E-state index < -0.39 is 6.10 Å². The summed E-state index contributed by atoms with van der Waals surface area (Å²) < 4.78 is 0. The molecule has 0 aromatic heterocycles. The Morgan fingerprint density at radius 2 is 1.70 bits per heavy atom. The summed E-state index contributed by atoms with van der Waals surface area (Å²) in [5.41, 5.74) is -0.0840. The predicted octanol–water partition coefficient (Wildman–Crippen LogP) is 1.04. The summed E-state index contributed by atoms with van der Waals surface area (Å²) in [5.74, 6) is 2.64. The minimum Gasteiger partial charge on any atom is -0.390 e. The maximum Gasteiger partial charge on any atom is 0.226 e. The Labute approximate surface area is 120 Å². The van der Waals surface area contributed by atoms with Crippen LogP contribution in [0.5, 0.6) is 0 Å². The molecule has 0 unspecified atom stereocenters. The lowest BCUT2D eigenvalue weighted by atomic mass is 9.49. The number of hydrogen-bond acceptors (Lipinski definition) is 3. The highest BCUT2D eigenvalue weighted by molar-refractivity contribution is 5.83. The molecule has 0 aromatic rings. The molecular formula is C16H26N2O2. The summed E-state index contributed by atoms with van der Waals surface area (Å²) in [7, 11) is 0. The van der Waals surface area contributed by atoms with Crippen molar-refractivity contribution in [1.29, 1.82) is 0 Å². The number of β-amino-alcohol motifs (C(OH)–C–C–N with tert-alkyl or cyclic N) is 1. The van der Waals surface area contributed by atoms with Gasteiger partial charge in [-0.1, -0.05) is 0 Å². The normalized spacial score (nSPS) is 50.1. The van der Waals surface area contributed by atoms with Crippen molar-refractivity contribution in [3.05, 3.63) is 0 Å². The fourth-order valence-electron chi connectivity index (χ4n) is 5.72. The molecule has 0 spiro atoms. The molecule has 1 heterocycles. The molecule has 5 fully saturated rings. The first-order chi connectivity index (χ1) is 9.64. The van der Waals surface area contributed by atoms with Crippen molar-refractivity contribution in [3.8, 4) is 0 Å². The van der Waals surface area contributed by atoms with Gasteiger partial charge in [0, 0.05) is 12.0 Å². The highest BCUT2D eigenvalue weighted by Crippen LogP contribution is 2.60. The third kappa shape index (κ3) is 2.08. The van der Waals surface area contributed by atoms with E-state index in [0.717, 1.165) is 50.0 Å². The second-order valence-electron chi connectivity index (χ2n) is 7.84. The highest BCUT2D eigenvalue weighted by atomic mass is 16.3. The number of piperidine rings is 1. The van der Waals surface area contributed by atoms with Crippen LogP contribution in [-0.4, -0.2) is 36.2 Å². The first-order valence-corrected chi connectivity index (χ1v) is 8.34. The van der Waals surface area contributed by atoms with Gasteiger partial charge in [-0.15, -0.1) is 0 Å². The molecule has 0 aromatic carbocycles. The smallest absolute Gasteiger partial charge is 0.226 e. The van der Waals surface area contributed by atoms with Gasteiger partial charge >= 0.3 is 0 Å². The number of amides is 1. The third-order valence-electron chi connectivity index (χ3n) is 6.29. The Morgan fingerprint density at radius 3 is 2.25 bits per heavy atom. The van der Waals surface area contributed by atoms with Crippen LogP contribution in [0.2, 0.25) is 0 Å². The SMILES string of the molecule is O=C(N[C@@H]1CCNC[C@H]1O)C12CC3CC(CC(C3)C1)C2. The second-order valence-corrected chi connectivity index (χ2v) is 7.84. The molecule has 5 rings (SSSR count). The molecule has 4 nitrogen and oxygen atoms in total. The monoisotopic (exact) mass is 278 g/mol. The Morgan fingerprint density at radius 1 is 1.10 bits per heavy atom. The van der Waals surface area contributed by atoms with Crippen LogP contribution < -0.4 is 10.6 Å². The Kier molecular flexibility index (Phi) is 3.08. The number of carbonyl (C=O) groups is 1. The van der Waals surface area contributed by atoms with Crippen LogP contribution in [0.15, 0.2) is 0 Å². The molecule has 0 radical (unpaired) electrons. The molecule has 112 valence electrons. The zero-order chi connectivity index (χ0) is 13.7. The zero-order valence-corrected chi connectivity index (χ0v) is 12.1. The standard InChI is InChI=1S/C16H26N2O2/c19-14-9-17-2-1-13(14)18-15(20)16-6-10-3-11(7-16)5-12(4-10)8-16/h10-14,17,19H,1-9H2,(H,18,20)/t10?,11?,12?,13-,14-,16?/m1/s1. The van der Waals surface area contributed by atoms with Gasteiger partial charge in [-0.25, -0.2) is 0 Å². The van der Waals surface area contributed by atoms with Crippen molar-refractivity contribution in [1.82, 2.24) is 10.6 Å². The topological polar surface area (TPSA) is 61.4 Å². The maximum absolute atomic E-state index is 12.9. The Balaban J connectivity index is 1.48. The van der Waals surface area contributed by atoms with E-state index in [4.69, 9.17) is 0 Å². The molecular weight excluding hydrogens is 252 g/mol. The van der Waals surface area contributed by atoms with Crippen molar-refractivity contribution in [2.75, 3.05) is 13.1 Å². The number of rotatable bonds is 2. The number of aliphatic hydroxyl groups is 1. The van der Waals surface area contributed by atoms with Crippen LogP contribution in [0.1, 0.15) is 44.9 Å². The summed E-state index contributed by atoms with van der Waals surface area (Å²) in [6, 6.07) is -0.0447. The lowest BCUT2D eigenvalue weighted by Gasteiger charge is -2.56. The molecule has 1 amide bonds. The van der Waals surface area contributed by atoms with Gasteiger partial charge in [-0.2, -0.15) is 0 Å². The summed E-state index contributed by atoms with van der Waals surface area (Å²) in [5, 5.41) is 16.4. The number of aliphatic hydroxyl groups excluding tert-OH is 1. The number of hydrogen-bond donors (Lipinski definition) is 3. The first kappa shape index (κ1) is 13.1. The lowest BCUT2D eigenvalue weighted by molar-refractivity contribution is -0.148. The second kappa shape index (κ2) is 4.70. The molecule has 3 N–H and O–H groups in total. The van der Waals surface area contributed by atoms with Gasteiger partial charge < -0.3 is 15.7 Å². The quantitative estimate of drug-likeness (QED) is 0.707. The highest BCUT2D eigenvalue weighted by Gasteiger charge is 2.54. The van der Waals surface area contributed by atoms with E-state index in [1.807, 2.05) is 0 Å². The van der Waals surface area contributed by atoms with E-state index in [2.05, 4.69) is 10.6 Å². The zero-order valence-electron chi connectivity index (χ0n) is 12.1. The van der Waals surface area contributed by atoms with E-state index in [1.54, 1.807) is 0 Å². The summed E-state index contributed by atoms with van der Waals surface area (Å²) >= 11 is 0. The van der Waals surface area contributed by atoms with Crippen LogP contribution in [0.25, 0.3) is 0 Å². The summed E-state index contributed by atoms with van der Waals surface area (Å²) in [6.45, 7) is 1.49. The van der Waals surface area contributed by atoms with E-state index in [1.165, 1.54) is 19.3 Å². The fraction of sp³-hybridized carbons (Fsp3) is 0.938. The fourth-order valence-corrected chi connectivity index (χ4v) is 5.72. The van der Waals surface area contributed by atoms with Crippen molar-refractivity contribution in [2.45, 2.75) is 57.1 Å². The van der Waals surface area contributed by atoms with E-state index in [9.17, 15) is 9.90 Å². The minimum atomic E-state index is -0.429. The van der Waals surface area contributed by atoms with Crippen molar-refractivity contribution in [3.63, 3.8) is 0 Å². The summed E-state index contributed by atoms with van der Waals surface area (Å²) in [4.78, 5) is 12.9. The van der Waals surface area contributed by atoms with Gasteiger partial charge in [0.1, 0.15) is 0 Å². The van der Waals surface area contributed by atoms with Crippen molar-refractivity contribution in [2.24, 2.45) is 23.2 Å². The van der Waals surface area contributed by atoms with Crippen LogP contribution in [-0.2, 0) is 4.79 Å². The molecule has 4 heteroatoms. The van der Waals surface area contributed by atoms with Gasteiger partial charge in [0.25, 0.3) is 0 Å². The van der Waals surface area contributed by atoms with Crippen molar-refractivity contribution < 1.29 is 9.90 Å². The molecule has 5 aliphatic rings. The molecule has 1 aliphatic heterocycles. The van der Waals surface area contributed by atoms with Crippen LogP contribution >= 0.6 is 0 Å². The minimum absolute atomic E-state index is 0.0447. The van der Waals surface area contributed by atoms with E-state index in [0.29, 0.717) is 6.54 Å². The van der Waals surface area contributed by atoms with Crippen LogP contribution in [0.3, 0.4) is 0 Å². The van der Waals surface area contributed by atoms with E-state index in [-0.39, 0.29) is 17.4 Å². The summed E-state index contributed by atoms with van der Waals surface area (Å²) in [6.07, 6.45) is 7.82. The average Bonchev–Trinajstić information content (AvgIpc) is 2.40. The van der Waals surface area contributed by atoms with Gasteiger partial charge in [0.2, 0.25) is 5.91 Å². The van der Waals surface area contributed by atoms with Gasteiger partial charge in [0.05, 0.1) is 12.1 Å². The number of nitrogens with one attached hydrogen (secondary N) is 2. The predicted molar refractivity (Wildman–Crippen MR) is 76.0 cm³/mol.